The third-order valence-corrected chi connectivity index (χ3v) is 6.09. The first-order valence-corrected chi connectivity index (χ1v) is 9.15. The second-order valence-corrected chi connectivity index (χ2v) is 8.00. The molecule has 118 valence electrons. The van der Waals surface area contributed by atoms with E-state index in [2.05, 4.69) is 17.0 Å². The summed E-state index contributed by atoms with van der Waals surface area (Å²) in [6.07, 6.45) is 3.97. The van der Waals surface area contributed by atoms with Crippen LogP contribution in [0.25, 0.3) is 0 Å². The molecule has 1 aromatic rings. The number of nitrogens with one attached hydrogen (secondary N) is 2. The van der Waals surface area contributed by atoms with E-state index in [1.165, 1.54) is 0 Å². The van der Waals surface area contributed by atoms with Crippen LogP contribution in [-0.2, 0) is 10.0 Å². The highest BCUT2D eigenvalue weighted by atomic mass is 32.2. The van der Waals surface area contributed by atoms with Gasteiger partial charge >= 0.3 is 0 Å². The number of hydrogen-bond acceptors (Lipinski definition) is 3. The molecule has 0 radical (unpaired) electrons. The molecule has 1 fully saturated rings. The van der Waals surface area contributed by atoms with E-state index in [1.807, 2.05) is 32.9 Å². The summed E-state index contributed by atoms with van der Waals surface area (Å²) in [4.78, 5) is 0.428. The van der Waals surface area contributed by atoms with Gasteiger partial charge in [-0.05, 0) is 69.7 Å². The van der Waals surface area contributed by atoms with Crippen molar-refractivity contribution in [1.82, 2.24) is 4.72 Å². The molecular weight excluding hydrogens is 284 g/mol. The summed E-state index contributed by atoms with van der Waals surface area (Å²) >= 11 is 0. The van der Waals surface area contributed by atoms with Crippen molar-refractivity contribution >= 4 is 15.7 Å². The fraction of sp³-hybridized carbons (Fsp3) is 0.625. The predicted molar refractivity (Wildman–Crippen MR) is 87.3 cm³/mol. The summed E-state index contributed by atoms with van der Waals surface area (Å²) in [5, 5.41) is 3.31. The number of anilines is 1. The van der Waals surface area contributed by atoms with Gasteiger partial charge in [0.1, 0.15) is 0 Å². The van der Waals surface area contributed by atoms with Gasteiger partial charge in [-0.2, -0.15) is 0 Å². The van der Waals surface area contributed by atoms with Crippen LogP contribution in [0.3, 0.4) is 0 Å². The molecule has 5 heteroatoms. The SMILES string of the molecule is CCCNc1cc(C)c(S(=O)(=O)NC2(C)CCC2)c(C)c1. The zero-order chi connectivity index (χ0) is 15.7. The van der Waals surface area contributed by atoms with Gasteiger partial charge in [-0.3, -0.25) is 0 Å². The van der Waals surface area contributed by atoms with Gasteiger partial charge in [-0.1, -0.05) is 6.92 Å². The van der Waals surface area contributed by atoms with Crippen LogP contribution < -0.4 is 10.0 Å². The molecule has 1 saturated carbocycles. The quantitative estimate of drug-likeness (QED) is 0.847. The average molecular weight is 310 g/mol. The van der Waals surface area contributed by atoms with E-state index in [1.54, 1.807) is 0 Å². The number of sulfonamides is 1. The zero-order valence-electron chi connectivity index (χ0n) is 13.4. The maximum atomic E-state index is 12.7. The van der Waals surface area contributed by atoms with Crippen LogP contribution in [0.4, 0.5) is 5.69 Å². The van der Waals surface area contributed by atoms with Crippen molar-refractivity contribution < 1.29 is 8.42 Å². The van der Waals surface area contributed by atoms with E-state index in [0.29, 0.717) is 4.90 Å². The van der Waals surface area contributed by atoms with Crippen molar-refractivity contribution in [3.05, 3.63) is 23.3 Å². The van der Waals surface area contributed by atoms with E-state index in [4.69, 9.17) is 0 Å². The van der Waals surface area contributed by atoms with E-state index in [0.717, 1.165) is 49.0 Å². The lowest BCUT2D eigenvalue weighted by Crippen LogP contribution is -2.50. The molecule has 4 nitrogen and oxygen atoms in total. The average Bonchev–Trinajstić information content (AvgIpc) is 2.32. The first-order chi connectivity index (χ1) is 9.77. The number of rotatable bonds is 6. The Morgan fingerprint density at radius 2 is 1.76 bits per heavy atom. The lowest BCUT2D eigenvalue weighted by molar-refractivity contribution is 0.248. The Bertz CT molecular complexity index is 596. The maximum Gasteiger partial charge on any atom is 0.241 e. The highest BCUT2D eigenvalue weighted by Gasteiger charge is 2.37. The number of benzene rings is 1. The topological polar surface area (TPSA) is 58.2 Å². The smallest absolute Gasteiger partial charge is 0.241 e. The van der Waals surface area contributed by atoms with Crippen LogP contribution in [0.2, 0.25) is 0 Å². The van der Waals surface area contributed by atoms with Crippen molar-refractivity contribution in [2.75, 3.05) is 11.9 Å². The third-order valence-electron chi connectivity index (χ3n) is 4.15. The summed E-state index contributed by atoms with van der Waals surface area (Å²) in [5.41, 5.74) is 2.31. The predicted octanol–water partition coefficient (Wildman–Crippen LogP) is 3.35. The third kappa shape index (κ3) is 3.58. The molecule has 0 unspecified atom stereocenters. The van der Waals surface area contributed by atoms with Crippen LogP contribution in [0.1, 0.15) is 50.7 Å². The Balaban J connectivity index is 2.30. The largest absolute Gasteiger partial charge is 0.385 e. The molecule has 0 heterocycles. The van der Waals surface area contributed by atoms with Crippen LogP contribution in [0.15, 0.2) is 17.0 Å². The Labute approximate surface area is 128 Å². The fourth-order valence-electron chi connectivity index (χ4n) is 2.93. The molecule has 1 aliphatic rings. The second kappa shape index (κ2) is 5.97. The Morgan fingerprint density at radius 1 is 1.19 bits per heavy atom. The number of aryl methyl sites for hydroxylation is 2. The van der Waals surface area contributed by atoms with Crippen LogP contribution >= 0.6 is 0 Å². The normalized spacial score (nSPS) is 17.3. The van der Waals surface area contributed by atoms with Gasteiger partial charge in [0.2, 0.25) is 10.0 Å². The molecule has 1 aromatic carbocycles. The van der Waals surface area contributed by atoms with Crippen LogP contribution in [-0.4, -0.2) is 20.5 Å². The highest BCUT2D eigenvalue weighted by molar-refractivity contribution is 7.89. The van der Waals surface area contributed by atoms with Crippen molar-refractivity contribution in [3.63, 3.8) is 0 Å². The minimum Gasteiger partial charge on any atom is -0.385 e. The second-order valence-electron chi connectivity index (χ2n) is 6.39. The molecule has 1 aliphatic carbocycles. The van der Waals surface area contributed by atoms with E-state index in [-0.39, 0.29) is 5.54 Å². The van der Waals surface area contributed by atoms with Crippen LogP contribution in [0, 0.1) is 13.8 Å². The minimum absolute atomic E-state index is 0.267. The summed E-state index contributed by atoms with van der Waals surface area (Å²) in [6.45, 7) is 8.70. The molecule has 0 saturated heterocycles. The van der Waals surface area contributed by atoms with E-state index in [9.17, 15) is 8.42 Å². The summed E-state index contributed by atoms with van der Waals surface area (Å²) in [6, 6.07) is 3.83. The Kier molecular flexibility index (Phi) is 4.63. The Hall–Kier alpha value is -1.07. The van der Waals surface area contributed by atoms with E-state index >= 15 is 0 Å². The maximum absolute atomic E-state index is 12.7. The summed E-state index contributed by atoms with van der Waals surface area (Å²) < 4.78 is 28.2. The molecule has 0 bridgehead atoms. The molecule has 0 amide bonds. The lowest BCUT2D eigenvalue weighted by atomic mass is 9.80. The van der Waals surface area contributed by atoms with E-state index < -0.39 is 10.0 Å². The van der Waals surface area contributed by atoms with Crippen LogP contribution in [0.5, 0.6) is 0 Å². The molecule has 2 N–H and O–H groups in total. The standard InChI is InChI=1S/C16H26N2O2S/c1-5-9-17-14-10-12(2)15(13(3)11-14)21(19,20)18-16(4)7-6-8-16/h10-11,17-18H,5-9H2,1-4H3. The van der Waals surface area contributed by atoms with Crippen molar-refractivity contribution in [2.24, 2.45) is 0 Å². The molecule has 0 aliphatic heterocycles. The summed E-state index contributed by atoms with van der Waals surface area (Å²) in [7, 11) is -3.46. The summed E-state index contributed by atoms with van der Waals surface area (Å²) in [5.74, 6) is 0. The molecular formula is C16H26N2O2S. The zero-order valence-corrected chi connectivity index (χ0v) is 14.2. The first-order valence-electron chi connectivity index (χ1n) is 7.66. The fourth-order valence-corrected chi connectivity index (χ4v) is 4.85. The van der Waals surface area contributed by atoms with Gasteiger partial charge in [0.25, 0.3) is 0 Å². The number of hydrogen-bond donors (Lipinski definition) is 2. The molecule has 0 aromatic heterocycles. The van der Waals surface area contributed by atoms with Gasteiger partial charge in [0, 0.05) is 17.8 Å². The van der Waals surface area contributed by atoms with Gasteiger partial charge < -0.3 is 5.32 Å². The monoisotopic (exact) mass is 310 g/mol. The van der Waals surface area contributed by atoms with Crippen molar-refractivity contribution in [3.8, 4) is 0 Å². The first kappa shape index (κ1) is 16.3. The molecule has 21 heavy (non-hydrogen) atoms. The highest BCUT2D eigenvalue weighted by Crippen LogP contribution is 2.34. The minimum atomic E-state index is -3.46. The Morgan fingerprint density at radius 3 is 2.19 bits per heavy atom. The van der Waals surface area contributed by atoms with Gasteiger partial charge in [0.15, 0.2) is 0 Å². The van der Waals surface area contributed by atoms with Crippen molar-refractivity contribution in [2.45, 2.75) is 63.8 Å². The molecule has 2 rings (SSSR count). The lowest BCUT2D eigenvalue weighted by Gasteiger charge is -2.38. The van der Waals surface area contributed by atoms with Gasteiger partial charge in [-0.25, -0.2) is 13.1 Å². The van der Waals surface area contributed by atoms with Gasteiger partial charge in [0.05, 0.1) is 4.90 Å². The van der Waals surface area contributed by atoms with Gasteiger partial charge in [-0.15, -0.1) is 0 Å². The molecule has 0 spiro atoms. The van der Waals surface area contributed by atoms with Crippen molar-refractivity contribution in [1.29, 1.82) is 0 Å². The molecule has 0 atom stereocenters.